The molecule has 1 heterocycles. The van der Waals surface area contributed by atoms with Gasteiger partial charge >= 0.3 is 6.18 Å². The Hall–Kier alpha value is -4.98. The van der Waals surface area contributed by atoms with Gasteiger partial charge in [0.1, 0.15) is 12.0 Å². The second-order valence-electron chi connectivity index (χ2n) is 9.44. The van der Waals surface area contributed by atoms with Crippen molar-refractivity contribution in [2.24, 2.45) is 0 Å². The lowest BCUT2D eigenvalue weighted by atomic mass is 9.99. The number of nitrogens with zero attached hydrogens (tertiary/aromatic N) is 1. The molecule has 208 valence electrons. The number of alkyl halides is 3. The fourth-order valence-corrected chi connectivity index (χ4v) is 4.34. The molecule has 0 spiro atoms. The smallest absolute Gasteiger partial charge is 0.317 e. The molecule has 0 aliphatic carbocycles. The van der Waals surface area contributed by atoms with Crippen molar-refractivity contribution < 1.29 is 22.8 Å². The van der Waals surface area contributed by atoms with Crippen molar-refractivity contribution in [3.8, 4) is 11.1 Å². The van der Waals surface area contributed by atoms with Crippen molar-refractivity contribution in [1.29, 1.82) is 0 Å². The highest BCUT2D eigenvalue weighted by Gasteiger charge is 2.30. The molecule has 5 nitrogen and oxygen atoms in total. The topological polar surface area (TPSA) is 68.2 Å². The van der Waals surface area contributed by atoms with Crippen molar-refractivity contribution in [2.75, 3.05) is 5.32 Å². The summed E-state index contributed by atoms with van der Waals surface area (Å²) in [6, 6.07) is 19.2. The number of nitrogens with one attached hydrogen (secondary N) is 1. The van der Waals surface area contributed by atoms with Gasteiger partial charge in [0.15, 0.2) is 0 Å². The molecule has 41 heavy (non-hydrogen) atoms. The number of aldehydes is 1. The van der Waals surface area contributed by atoms with Gasteiger partial charge in [0.25, 0.3) is 11.5 Å². The van der Waals surface area contributed by atoms with E-state index in [1.165, 1.54) is 10.6 Å². The van der Waals surface area contributed by atoms with Gasteiger partial charge in [-0.1, -0.05) is 67.3 Å². The Morgan fingerprint density at radius 3 is 2.34 bits per heavy atom. The Balaban J connectivity index is 1.80. The molecular formula is C33H27F3N2O3. The van der Waals surface area contributed by atoms with E-state index in [9.17, 15) is 27.6 Å². The first-order valence-electron chi connectivity index (χ1n) is 12.7. The lowest BCUT2D eigenvalue weighted by Crippen LogP contribution is -2.30. The number of benzene rings is 3. The molecule has 4 rings (SSSR count). The number of aryl methyl sites for hydroxylation is 1. The van der Waals surface area contributed by atoms with Crippen LogP contribution in [0, 0.1) is 6.92 Å². The SMILES string of the molecule is C=C/C=C\c1cc(-c2cc(NC(=O)c3ccc(C(F)(F)F)cc3)c(=O)n([C@H](C=O)Cc3ccccc3)c2)ccc1C. The molecule has 0 aliphatic heterocycles. The van der Waals surface area contributed by atoms with Crippen LogP contribution in [-0.2, 0) is 17.4 Å². The predicted octanol–water partition coefficient (Wildman–Crippen LogP) is 7.28. The number of hydrogen-bond acceptors (Lipinski definition) is 3. The van der Waals surface area contributed by atoms with Gasteiger partial charge in [-0.3, -0.25) is 9.59 Å². The van der Waals surface area contributed by atoms with Gasteiger partial charge in [0, 0.05) is 23.7 Å². The number of hydrogen-bond donors (Lipinski definition) is 1. The van der Waals surface area contributed by atoms with E-state index in [-0.39, 0.29) is 17.7 Å². The molecule has 1 atom stereocenters. The number of pyridine rings is 1. The van der Waals surface area contributed by atoms with E-state index in [4.69, 9.17) is 0 Å². The van der Waals surface area contributed by atoms with Crippen LogP contribution in [-0.4, -0.2) is 16.8 Å². The van der Waals surface area contributed by atoms with Crippen LogP contribution in [0.1, 0.15) is 38.7 Å². The maximum absolute atomic E-state index is 13.6. The normalized spacial score (nSPS) is 12.2. The van der Waals surface area contributed by atoms with E-state index in [1.807, 2.05) is 61.5 Å². The maximum atomic E-state index is 13.6. The van der Waals surface area contributed by atoms with Crippen molar-refractivity contribution >= 4 is 24.0 Å². The zero-order valence-corrected chi connectivity index (χ0v) is 22.2. The molecule has 0 unspecified atom stereocenters. The Morgan fingerprint density at radius 1 is 1.00 bits per heavy atom. The third kappa shape index (κ3) is 6.97. The summed E-state index contributed by atoms with van der Waals surface area (Å²) in [7, 11) is 0. The summed E-state index contributed by atoms with van der Waals surface area (Å²) in [5, 5.41) is 2.54. The van der Waals surface area contributed by atoms with E-state index < -0.39 is 29.2 Å². The summed E-state index contributed by atoms with van der Waals surface area (Å²) in [5.74, 6) is -0.760. The second kappa shape index (κ2) is 12.5. The first-order valence-corrected chi connectivity index (χ1v) is 12.7. The van der Waals surface area contributed by atoms with E-state index in [0.29, 0.717) is 11.8 Å². The van der Waals surface area contributed by atoms with E-state index in [2.05, 4.69) is 11.9 Å². The number of rotatable bonds is 9. The van der Waals surface area contributed by atoms with Crippen LogP contribution in [0.3, 0.4) is 0 Å². The first-order chi connectivity index (χ1) is 19.6. The fraction of sp³-hybridized carbons (Fsp3) is 0.121. The minimum absolute atomic E-state index is 0.0576. The van der Waals surface area contributed by atoms with Crippen LogP contribution in [0.25, 0.3) is 17.2 Å². The Labute approximate surface area is 235 Å². The summed E-state index contributed by atoms with van der Waals surface area (Å²) < 4.78 is 40.2. The van der Waals surface area contributed by atoms with Gasteiger partial charge in [0.2, 0.25) is 0 Å². The average molecular weight is 557 g/mol. The molecule has 0 aliphatic rings. The predicted molar refractivity (Wildman–Crippen MR) is 155 cm³/mol. The zero-order valence-electron chi connectivity index (χ0n) is 22.2. The summed E-state index contributed by atoms with van der Waals surface area (Å²) >= 11 is 0. The molecule has 3 aromatic carbocycles. The van der Waals surface area contributed by atoms with E-state index in [1.54, 1.807) is 18.3 Å². The minimum atomic E-state index is -4.55. The Bertz CT molecular complexity index is 1650. The molecule has 4 aromatic rings. The number of halogens is 3. The molecule has 8 heteroatoms. The first kappa shape index (κ1) is 29.0. The number of carbonyl (C=O) groups excluding carboxylic acids is 2. The van der Waals surface area contributed by atoms with E-state index >= 15 is 0 Å². The number of carbonyl (C=O) groups is 2. The highest BCUT2D eigenvalue weighted by molar-refractivity contribution is 6.04. The Morgan fingerprint density at radius 2 is 1.71 bits per heavy atom. The van der Waals surface area contributed by atoms with Crippen LogP contribution in [0.4, 0.5) is 18.9 Å². The lowest BCUT2D eigenvalue weighted by Gasteiger charge is -2.18. The molecule has 1 aromatic heterocycles. The molecule has 1 amide bonds. The summed E-state index contributed by atoms with van der Waals surface area (Å²) in [4.78, 5) is 38.8. The average Bonchev–Trinajstić information content (AvgIpc) is 2.97. The van der Waals surface area contributed by atoms with Crippen LogP contribution < -0.4 is 10.9 Å². The highest BCUT2D eigenvalue weighted by Crippen LogP contribution is 2.30. The quantitative estimate of drug-likeness (QED) is 0.174. The Kier molecular flexibility index (Phi) is 8.82. The summed E-state index contributed by atoms with van der Waals surface area (Å²) in [6.45, 7) is 5.65. The molecule has 1 N–H and O–H groups in total. The number of aromatic nitrogens is 1. The third-order valence-electron chi connectivity index (χ3n) is 6.59. The number of anilines is 1. The largest absolute Gasteiger partial charge is 0.416 e. The van der Waals surface area contributed by atoms with Crippen molar-refractivity contribution in [3.63, 3.8) is 0 Å². The summed E-state index contributed by atoms with van der Waals surface area (Å²) in [6.07, 6.45) is 3.27. The monoisotopic (exact) mass is 556 g/mol. The van der Waals surface area contributed by atoms with Gasteiger partial charge in [0.05, 0.1) is 11.6 Å². The van der Waals surface area contributed by atoms with Gasteiger partial charge in [-0.2, -0.15) is 13.2 Å². The number of allylic oxidation sites excluding steroid dienone is 2. The molecule has 0 fully saturated rings. The van der Waals surface area contributed by atoms with Gasteiger partial charge < -0.3 is 14.7 Å². The van der Waals surface area contributed by atoms with E-state index in [0.717, 1.165) is 46.5 Å². The minimum Gasteiger partial charge on any atom is -0.317 e. The van der Waals surface area contributed by atoms with Crippen molar-refractivity contribution in [2.45, 2.75) is 25.6 Å². The van der Waals surface area contributed by atoms with Crippen LogP contribution in [0.2, 0.25) is 0 Å². The lowest BCUT2D eigenvalue weighted by molar-refractivity contribution is -0.137. The molecule has 0 bridgehead atoms. The van der Waals surface area contributed by atoms with Gasteiger partial charge in [-0.25, -0.2) is 0 Å². The highest BCUT2D eigenvalue weighted by atomic mass is 19.4. The zero-order chi connectivity index (χ0) is 29.6. The maximum Gasteiger partial charge on any atom is 0.416 e. The third-order valence-corrected chi connectivity index (χ3v) is 6.59. The second-order valence-corrected chi connectivity index (χ2v) is 9.44. The van der Waals surface area contributed by atoms with Crippen LogP contribution in [0.15, 0.2) is 109 Å². The summed E-state index contributed by atoms with van der Waals surface area (Å²) in [5.41, 5.74) is 2.34. The number of amides is 1. The van der Waals surface area contributed by atoms with Gasteiger partial charge in [-0.15, -0.1) is 0 Å². The molecule has 0 saturated heterocycles. The van der Waals surface area contributed by atoms with Crippen LogP contribution >= 0.6 is 0 Å². The van der Waals surface area contributed by atoms with Crippen molar-refractivity contribution in [1.82, 2.24) is 4.57 Å². The van der Waals surface area contributed by atoms with Crippen LogP contribution in [0.5, 0.6) is 0 Å². The fourth-order valence-electron chi connectivity index (χ4n) is 4.34. The molecule has 0 saturated carbocycles. The van der Waals surface area contributed by atoms with Gasteiger partial charge in [-0.05, 0) is 65.6 Å². The standard InChI is InChI=1S/C33H27F3N2O3/c1-3-4-10-25-18-26(12-11-22(25)2)27-19-30(37-31(40)24-13-15-28(16-14-24)33(34,35)36)32(41)38(20-27)29(21-39)17-23-8-6-5-7-9-23/h3-16,18-21,29H,1,17H2,2H3,(H,37,40)/b10-4-/t29-/m0/s1. The van der Waals surface area contributed by atoms with Crippen molar-refractivity contribution in [3.05, 3.63) is 142 Å². The molecule has 0 radical (unpaired) electrons. The molecular weight excluding hydrogens is 529 g/mol.